The van der Waals surface area contributed by atoms with Crippen LogP contribution in [-0.2, 0) is 23.9 Å². The van der Waals surface area contributed by atoms with Crippen molar-refractivity contribution in [2.45, 2.75) is 19.3 Å². The van der Waals surface area contributed by atoms with Gasteiger partial charge in [0.2, 0.25) is 0 Å². The zero-order valence-electron chi connectivity index (χ0n) is 13.7. The molecule has 0 bridgehead atoms. The number of hydrogen-bond acceptors (Lipinski definition) is 6. The first kappa shape index (κ1) is 19.3. The number of ether oxygens (including phenoxy) is 2. The van der Waals surface area contributed by atoms with E-state index < -0.39 is 17.4 Å². The van der Waals surface area contributed by atoms with Gasteiger partial charge in [0.25, 0.3) is 0 Å². The average Bonchev–Trinajstić information content (AvgIpc) is 2.63. The third-order valence-electron chi connectivity index (χ3n) is 3.64. The van der Waals surface area contributed by atoms with Crippen LogP contribution in [0.3, 0.4) is 0 Å². The topological polar surface area (TPSA) is 86.7 Å². The monoisotopic (exact) mass is 332 g/mol. The van der Waals surface area contributed by atoms with Crippen molar-refractivity contribution in [2.75, 3.05) is 14.2 Å². The Morgan fingerprint density at radius 2 is 1.62 bits per heavy atom. The van der Waals surface area contributed by atoms with Crippen molar-refractivity contribution in [3.05, 3.63) is 48.0 Å². The lowest BCUT2D eigenvalue weighted by Gasteiger charge is -2.26. The lowest BCUT2D eigenvalue weighted by molar-refractivity contribution is -0.169. The number of carbonyl (C=O) groups is 4. The van der Waals surface area contributed by atoms with Crippen LogP contribution >= 0.6 is 0 Å². The molecule has 0 aliphatic carbocycles. The summed E-state index contributed by atoms with van der Waals surface area (Å²) in [7, 11) is 2.31. The van der Waals surface area contributed by atoms with E-state index in [2.05, 4.69) is 0 Å². The number of ketones is 1. The van der Waals surface area contributed by atoms with Crippen LogP contribution in [0.15, 0.2) is 42.5 Å². The fourth-order valence-electron chi connectivity index (χ4n) is 2.32. The fourth-order valence-corrected chi connectivity index (χ4v) is 2.32. The minimum Gasteiger partial charge on any atom is -0.468 e. The van der Waals surface area contributed by atoms with Crippen LogP contribution in [0.1, 0.15) is 29.6 Å². The maximum Gasteiger partial charge on any atom is 0.323 e. The fraction of sp³-hybridized carbons (Fsp3) is 0.333. The summed E-state index contributed by atoms with van der Waals surface area (Å²) in [6.07, 6.45) is 3.16. The lowest BCUT2D eigenvalue weighted by Crippen LogP contribution is -2.41. The van der Waals surface area contributed by atoms with Crippen LogP contribution in [0.5, 0.6) is 0 Å². The first-order chi connectivity index (χ1) is 11.5. The van der Waals surface area contributed by atoms with Crippen LogP contribution < -0.4 is 0 Å². The Kier molecular flexibility index (Phi) is 7.55. The highest BCUT2D eigenvalue weighted by molar-refractivity contribution is 6.05. The predicted molar refractivity (Wildman–Crippen MR) is 86.3 cm³/mol. The number of hydrogen-bond donors (Lipinski definition) is 0. The van der Waals surface area contributed by atoms with Gasteiger partial charge in [0.05, 0.1) is 14.2 Å². The molecule has 6 heteroatoms. The molecule has 0 spiro atoms. The third kappa shape index (κ3) is 4.62. The molecule has 24 heavy (non-hydrogen) atoms. The molecule has 1 aromatic rings. The van der Waals surface area contributed by atoms with Gasteiger partial charge in [-0.25, -0.2) is 0 Å². The van der Waals surface area contributed by atoms with Gasteiger partial charge in [0.15, 0.2) is 11.2 Å². The van der Waals surface area contributed by atoms with E-state index in [1.807, 2.05) is 0 Å². The van der Waals surface area contributed by atoms with Gasteiger partial charge >= 0.3 is 11.9 Å². The molecule has 128 valence electrons. The Hall–Kier alpha value is -2.76. The maximum atomic E-state index is 12.1. The molecule has 0 saturated heterocycles. The van der Waals surface area contributed by atoms with Gasteiger partial charge in [-0.3, -0.25) is 14.4 Å². The van der Waals surface area contributed by atoms with Gasteiger partial charge in [0.1, 0.15) is 6.29 Å². The van der Waals surface area contributed by atoms with E-state index in [4.69, 9.17) is 9.47 Å². The highest BCUT2D eigenvalue weighted by Gasteiger charge is 2.47. The third-order valence-corrected chi connectivity index (χ3v) is 3.64. The molecule has 0 radical (unpaired) electrons. The van der Waals surface area contributed by atoms with Gasteiger partial charge in [-0.05, 0) is 18.9 Å². The highest BCUT2D eigenvalue weighted by atomic mass is 16.5. The average molecular weight is 332 g/mol. The number of esters is 2. The number of aldehydes is 1. The molecule has 0 atom stereocenters. The van der Waals surface area contributed by atoms with Gasteiger partial charge in [-0.2, -0.15) is 0 Å². The molecule has 0 aromatic heterocycles. The number of methoxy groups -OCH3 is 2. The van der Waals surface area contributed by atoms with Crippen LogP contribution in [0.4, 0.5) is 0 Å². The van der Waals surface area contributed by atoms with E-state index in [-0.39, 0.29) is 25.0 Å². The number of allylic oxidation sites excluding steroid dienone is 2. The van der Waals surface area contributed by atoms with E-state index >= 15 is 0 Å². The summed E-state index contributed by atoms with van der Waals surface area (Å²) < 4.78 is 9.41. The quantitative estimate of drug-likeness (QED) is 0.226. The van der Waals surface area contributed by atoms with E-state index in [0.29, 0.717) is 11.8 Å². The molecule has 1 rings (SSSR count). The Morgan fingerprint density at radius 3 is 2.12 bits per heavy atom. The zero-order chi connectivity index (χ0) is 18.0. The summed E-state index contributed by atoms with van der Waals surface area (Å²) in [6.45, 7) is 0. The Bertz CT molecular complexity index is 602. The standard InChI is InChI=1S/C18H20O6/c1-23-16(21)18(12-7-13-19,17(22)24-2)11-6-10-15(20)14-8-4-3-5-9-14/h3-6,8-10,13H,7,11-12H2,1-2H3. The number of carbonyl (C=O) groups excluding carboxylic acids is 4. The molecule has 1 aromatic carbocycles. The van der Waals surface area contributed by atoms with E-state index in [0.717, 1.165) is 14.2 Å². The SMILES string of the molecule is COC(=O)C(CC=CC(=O)c1ccccc1)(CCC=O)C(=O)OC. The Morgan fingerprint density at radius 1 is 1.04 bits per heavy atom. The summed E-state index contributed by atoms with van der Waals surface area (Å²) in [4.78, 5) is 47.0. The zero-order valence-corrected chi connectivity index (χ0v) is 13.7. The van der Waals surface area contributed by atoms with Gasteiger partial charge in [0, 0.05) is 12.0 Å². The number of benzene rings is 1. The molecular weight excluding hydrogens is 312 g/mol. The summed E-state index contributed by atoms with van der Waals surface area (Å²) in [5.41, 5.74) is -1.15. The van der Waals surface area contributed by atoms with Crippen molar-refractivity contribution in [2.24, 2.45) is 5.41 Å². The van der Waals surface area contributed by atoms with Crippen LogP contribution in [-0.4, -0.2) is 38.2 Å². The van der Waals surface area contributed by atoms with Crippen molar-refractivity contribution in [3.63, 3.8) is 0 Å². The Balaban J connectivity index is 3.00. The summed E-state index contributed by atoms with van der Waals surface area (Å²) in [5, 5.41) is 0. The van der Waals surface area contributed by atoms with Crippen molar-refractivity contribution in [1.29, 1.82) is 0 Å². The molecule has 6 nitrogen and oxygen atoms in total. The van der Waals surface area contributed by atoms with Crippen molar-refractivity contribution >= 4 is 24.0 Å². The van der Waals surface area contributed by atoms with Gasteiger partial charge < -0.3 is 14.3 Å². The predicted octanol–water partition coefficient (Wildman–Crippen LogP) is 2.13. The minimum atomic E-state index is -1.64. The second-order valence-electron chi connectivity index (χ2n) is 5.11. The second kappa shape index (κ2) is 9.39. The molecule has 0 fully saturated rings. The smallest absolute Gasteiger partial charge is 0.323 e. The van der Waals surface area contributed by atoms with E-state index in [1.54, 1.807) is 30.3 Å². The van der Waals surface area contributed by atoms with Gasteiger partial charge in [-0.15, -0.1) is 0 Å². The van der Waals surface area contributed by atoms with E-state index in [1.165, 1.54) is 12.2 Å². The first-order valence-corrected chi connectivity index (χ1v) is 7.38. The van der Waals surface area contributed by atoms with Gasteiger partial charge in [-0.1, -0.05) is 36.4 Å². The molecule has 0 amide bonds. The van der Waals surface area contributed by atoms with Crippen molar-refractivity contribution < 1.29 is 28.7 Å². The second-order valence-corrected chi connectivity index (χ2v) is 5.11. The lowest BCUT2D eigenvalue weighted by atomic mass is 9.79. The molecule has 0 N–H and O–H groups in total. The van der Waals surface area contributed by atoms with Crippen LogP contribution in [0.2, 0.25) is 0 Å². The summed E-state index contributed by atoms with van der Waals surface area (Å²) >= 11 is 0. The maximum absolute atomic E-state index is 12.1. The van der Waals surface area contributed by atoms with Crippen molar-refractivity contribution in [1.82, 2.24) is 0 Å². The summed E-state index contributed by atoms with van der Waals surface area (Å²) in [6, 6.07) is 8.58. The van der Waals surface area contributed by atoms with E-state index in [9.17, 15) is 19.2 Å². The summed E-state index contributed by atoms with van der Waals surface area (Å²) in [5.74, 6) is -1.85. The highest BCUT2D eigenvalue weighted by Crippen LogP contribution is 2.32. The molecule has 0 aliphatic rings. The van der Waals surface area contributed by atoms with Crippen LogP contribution in [0, 0.1) is 5.41 Å². The molecular formula is C18H20O6. The molecule has 0 unspecified atom stereocenters. The van der Waals surface area contributed by atoms with Crippen LogP contribution in [0.25, 0.3) is 0 Å². The molecule has 0 saturated carbocycles. The Labute approximate surface area is 140 Å². The minimum absolute atomic E-state index is 0.00925. The normalized spacial score (nSPS) is 11.1. The number of rotatable bonds is 9. The molecule has 0 heterocycles. The molecule has 0 aliphatic heterocycles. The first-order valence-electron chi connectivity index (χ1n) is 7.38. The van der Waals surface area contributed by atoms with Crippen molar-refractivity contribution in [3.8, 4) is 0 Å². The largest absolute Gasteiger partial charge is 0.468 e.